The fourth-order valence-electron chi connectivity index (χ4n) is 4.36. The minimum atomic E-state index is -3.58. The summed E-state index contributed by atoms with van der Waals surface area (Å²) in [5.41, 5.74) is 1.43. The van der Waals surface area contributed by atoms with E-state index in [9.17, 15) is 13.2 Å². The summed E-state index contributed by atoms with van der Waals surface area (Å²) in [6, 6.07) is 18.6. The first kappa shape index (κ1) is 24.8. The van der Waals surface area contributed by atoms with Crippen LogP contribution in [-0.2, 0) is 27.0 Å². The zero-order valence-electron chi connectivity index (χ0n) is 19.7. The van der Waals surface area contributed by atoms with Crippen LogP contribution in [0.1, 0.15) is 31.2 Å². The lowest BCUT2D eigenvalue weighted by Gasteiger charge is -2.38. The number of carbonyl (C=O) groups is 1. The lowest BCUT2D eigenvalue weighted by atomic mass is 10.0. The second kappa shape index (κ2) is 11.4. The number of aromatic amines is 1. The molecule has 0 bridgehead atoms. The fourth-order valence-corrected chi connectivity index (χ4v) is 6.01. The van der Waals surface area contributed by atoms with Crippen LogP contribution in [-0.4, -0.2) is 71.6 Å². The maximum absolute atomic E-state index is 13.5. The van der Waals surface area contributed by atoms with Gasteiger partial charge in [0.05, 0.1) is 17.9 Å². The molecule has 11 heteroatoms. The molecule has 35 heavy (non-hydrogen) atoms. The molecule has 1 fully saturated rings. The summed E-state index contributed by atoms with van der Waals surface area (Å²) in [7, 11) is -3.58. The molecule has 10 nitrogen and oxygen atoms in total. The Kier molecular flexibility index (Phi) is 8.09. The Morgan fingerprint density at radius 2 is 1.77 bits per heavy atom. The van der Waals surface area contributed by atoms with Gasteiger partial charge in [-0.05, 0) is 37.5 Å². The molecule has 0 saturated carbocycles. The lowest BCUT2D eigenvalue weighted by Crippen LogP contribution is -2.51. The Bertz CT molecular complexity index is 1170. The highest BCUT2D eigenvalue weighted by Gasteiger charge is 2.29. The van der Waals surface area contributed by atoms with Crippen LogP contribution in [0.2, 0.25) is 0 Å². The molecule has 1 aromatic heterocycles. The van der Waals surface area contributed by atoms with Gasteiger partial charge < -0.3 is 5.32 Å². The van der Waals surface area contributed by atoms with E-state index >= 15 is 0 Å². The Hall–Kier alpha value is -3.31. The number of benzene rings is 2. The van der Waals surface area contributed by atoms with E-state index in [1.165, 1.54) is 4.31 Å². The summed E-state index contributed by atoms with van der Waals surface area (Å²) < 4.78 is 28.5. The Morgan fingerprint density at radius 1 is 1.11 bits per heavy atom. The number of tetrazole rings is 1. The van der Waals surface area contributed by atoms with Crippen LogP contribution in [0, 0.1) is 0 Å². The third-order valence-corrected chi connectivity index (χ3v) is 7.96. The highest BCUT2D eigenvalue weighted by atomic mass is 32.2. The minimum absolute atomic E-state index is 0.0109. The minimum Gasteiger partial charge on any atom is -0.353 e. The molecular formula is C24H31N7O3S. The number of anilines is 1. The van der Waals surface area contributed by atoms with Crippen molar-refractivity contribution in [2.75, 3.05) is 23.9 Å². The van der Waals surface area contributed by atoms with E-state index in [0.29, 0.717) is 18.1 Å². The predicted molar refractivity (Wildman–Crippen MR) is 133 cm³/mol. The van der Waals surface area contributed by atoms with Crippen LogP contribution in [0.15, 0.2) is 60.7 Å². The largest absolute Gasteiger partial charge is 0.353 e. The monoisotopic (exact) mass is 497 g/mol. The van der Waals surface area contributed by atoms with E-state index in [0.717, 1.165) is 31.5 Å². The molecule has 3 aromatic rings. The van der Waals surface area contributed by atoms with Gasteiger partial charge in [0, 0.05) is 31.7 Å². The van der Waals surface area contributed by atoms with Gasteiger partial charge in [-0.25, -0.2) is 8.42 Å². The number of hydrogen-bond acceptors (Lipinski definition) is 7. The van der Waals surface area contributed by atoms with E-state index in [4.69, 9.17) is 0 Å². The molecule has 186 valence electrons. The first-order valence-corrected chi connectivity index (χ1v) is 13.4. The number of hydrogen-bond donors (Lipinski definition) is 2. The van der Waals surface area contributed by atoms with E-state index in [-0.39, 0.29) is 30.2 Å². The van der Waals surface area contributed by atoms with Gasteiger partial charge in [0.25, 0.3) is 0 Å². The summed E-state index contributed by atoms with van der Waals surface area (Å²) in [6.45, 7) is 3.96. The molecule has 0 spiro atoms. The summed E-state index contributed by atoms with van der Waals surface area (Å²) in [4.78, 5) is 14.5. The Labute approximate surface area is 205 Å². The van der Waals surface area contributed by atoms with Crippen molar-refractivity contribution in [2.24, 2.45) is 0 Å². The van der Waals surface area contributed by atoms with Crippen molar-refractivity contribution in [3.8, 4) is 0 Å². The van der Waals surface area contributed by atoms with Crippen LogP contribution < -0.4 is 9.62 Å². The lowest BCUT2D eigenvalue weighted by molar-refractivity contribution is -0.121. The molecule has 0 radical (unpaired) electrons. The van der Waals surface area contributed by atoms with Gasteiger partial charge in [0.15, 0.2) is 5.82 Å². The number of sulfonamides is 1. The van der Waals surface area contributed by atoms with Crippen LogP contribution in [0.4, 0.5) is 5.69 Å². The molecular weight excluding hydrogens is 466 g/mol. The number of piperidine rings is 1. The molecule has 2 aromatic carbocycles. The van der Waals surface area contributed by atoms with Crippen molar-refractivity contribution < 1.29 is 13.2 Å². The molecule has 1 aliphatic heterocycles. The van der Waals surface area contributed by atoms with Crippen molar-refractivity contribution in [3.05, 3.63) is 72.1 Å². The zero-order chi connectivity index (χ0) is 24.7. The molecule has 1 amide bonds. The van der Waals surface area contributed by atoms with Crippen molar-refractivity contribution in [2.45, 2.75) is 44.0 Å². The van der Waals surface area contributed by atoms with E-state index < -0.39 is 10.0 Å². The summed E-state index contributed by atoms with van der Waals surface area (Å²) in [6.07, 6.45) is 1.69. The normalized spacial score (nSPS) is 16.0. The quantitative estimate of drug-likeness (QED) is 0.437. The van der Waals surface area contributed by atoms with E-state index in [2.05, 4.69) is 37.8 Å². The molecule has 4 rings (SSSR count). The fraction of sp³-hybridized carbons (Fsp3) is 0.417. The number of H-pyrrole nitrogens is 1. The SMILES string of the molecule is C[C@H](CN(c1ccccc1)S(=O)(=O)Cc1ccccc1)N1CCC(NC(=O)Cc2nn[nH]n2)CC1. The highest BCUT2D eigenvalue weighted by molar-refractivity contribution is 7.92. The predicted octanol–water partition coefficient (Wildman–Crippen LogP) is 1.75. The smallest absolute Gasteiger partial charge is 0.239 e. The highest BCUT2D eigenvalue weighted by Crippen LogP contribution is 2.23. The number of para-hydroxylation sites is 1. The van der Waals surface area contributed by atoms with Gasteiger partial charge in [0.2, 0.25) is 15.9 Å². The molecule has 1 saturated heterocycles. The van der Waals surface area contributed by atoms with Gasteiger partial charge in [-0.1, -0.05) is 53.7 Å². The number of aromatic nitrogens is 4. The Morgan fingerprint density at radius 3 is 2.40 bits per heavy atom. The van der Waals surface area contributed by atoms with E-state index in [1.807, 2.05) is 60.7 Å². The van der Waals surface area contributed by atoms with Crippen molar-refractivity contribution >= 4 is 21.6 Å². The summed E-state index contributed by atoms with van der Waals surface area (Å²) in [5, 5.41) is 16.5. The third-order valence-electron chi connectivity index (χ3n) is 6.23. The first-order valence-electron chi connectivity index (χ1n) is 11.8. The van der Waals surface area contributed by atoms with E-state index in [1.54, 1.807) is 0 Å². The molecule has 0 unspecified atom stereocenters. The topological polar surface area (TPSA) is 124 Å². The number of carbonyl (C=O) groups excluding carboxylic acids is 1. The number of nitrogens with zero attached hydrogens (tertiary/aromatic N) is 5. The van der Waals surface area contributed by atoms with Crippen LogP contribution >= 0.6 is 0 Å². The standard InChI is InChI=1S/C24H31N7O3S/c1-19(30-14-12-21(13-15-30)25-24(32)16-23-26-28-29-27-23)17-31(22-10-6-3-7-11-22)35(33,34)18-20-8-4-2-5-9-20/h2-11,19,21H,12-18H2,1H3,(H,25,32)(H,26,27,28,29)/t19-/m1/s1. The second-order valence-electron chi connectivity index (χ2n) is 8.84. The number of nitrogens with one attached hydrogen (secondary N) is 2. The first-order chi connectivity index (χ1) is 16.9. The van der Waals surface area contributed by atoms with Crippen molar-refractivity contribution in [1.82, 2.24) is 30.8 Å². The molecule has 2 heterocycles. The van der Waals surface area contributed by atoms with Crippen LogP contribution in [0.3, 0.4) is 0 Å². The van der Waals surface area contributed by atoms with Crippen LogP contribution in [0.25, 0.3) is 0 Å². The molecule has 0 aliphatic carbocycles. The average molecular weight is 498 g/mol. The molecule has 1 aliphatic rings. The second-order valence-corrected chi connectivity index (χ2v) is 10.7. The van der Waals surface area contributed by atoms with Gasteiger partial charge >= 0.3 is 0 Å². The maximum Gasteiger partial charge on any atom is 0.239 e. The number of amides is 1. The molecule has 2 N–H and O–H groups in total. The maximum atomic E-state index is 13.5. The van der Waals surface area contributed by atoms with Gasteiger partial charge in [-0.3, -0.25) is 14.0 Å². The average Bonchev–Trinajstić information content (AvgIpc) is 3.36. The van der Waals surface area contributed by atoms with Crippen molar-refractivity contribution in [3.63, 3.8) is 0 Å². The van der Waals surface area contributed by atoms with Gasteiger partial charge in [-0.2, -0.15) is 5.21 Å². The zero-order valence-corrected chi connectivity index (χ0v) is 20.6. The summed E-state index contributed by atoms with van der Waals surface area (Å²) in [5.74, 6) is 0.190. The Balaban J connectivity index is 1.36. The van der Waals surface area contributed by atoms with Gasteiger partial charge in [0.1, 0.15) is 0 Å². The van der Waals surface area contributed by atoms with Crippen LogP contribution in [0.5, 0.6) is 0 Å². The molecule has 1 atom stereocenters. The summed E-state index contributed by atoms with van der Waals surface area (Å²) >= 11 is 0. The number of rotatable bonds is 10. The third kappa shape index (κ3) is 6.86. The van der Waals surface area contributed by atoms with Crippen molar-refractivity contribution in [1.29, 1.82) is 0 Å². The van der Waals surface area contributed by atoms with Gasteiger partial charge in [-0.15, -0.1) is 10.2 Å². The number of likely N-dealkylation sites (tertiary alicyclic amines) is 1.